The summed E-state index contributed by atoms with van der Waals surface area (Å²) in [5, 5.41) is 5.63. The molecule has 0 aliphatic heterocycles. The molecule has 0 radical (unpaired) electrons. The van der Waals surface area contributed by atoms with Gasteiger partial charge in [-0.3, -0.25) is 9.52 Å². The SMILES string of the molecule is CCS(=O)(=O)Nc1ccc(NC(=O)CNCCOC)cc1. The number of hydrogen-bond acceptors (Lipinski definition) is 5. The molecule has 7 nitrogen and oxygen atoms in total. The van der Waals surface area contributed by atoms with Crippen LogP contribution in [0.15, 0.2) is 24.3 Å². The zero-order valence-corrected chi connectivity index (χ0v) is 13.0. The predicted molar refractivity (Wildman–Crippen MR) is 82.9 cm³/mol. The molecule has 1 rings (SSSR count). The van der Waals surface area contributed by atoms with E-state index in [1.165, 1.54) is 0 Å². The Kier molecular flexibility index (Phi) is 7.13. The van der Waals surface area contributed by atoms with E-state index in [9.17, 15) is 13.2 Å². The smallest absolute Gasteiger partial charge is 0.238 e. The zero-order valence-electron chi connectivity index (χ0n) is 12.2. The second-order valence-corrected chi connectivity index (χ2v) is 6.31. The number of benzene rings is 1. The molecule has 0 aromatic heterocycles. The van der Waals surface area contributed by atoms with Crippen LogP contribution in [0.5, 0.6) is 0 Å². The highest BCUT2D eigenvalue weighted by Gasteiger charge is 2.07. The fraction of sp³-hybridized carbons (Fsp3) is 0.462. The van der Waals surface area contributed by atoms with E-state index in [4.69, 9.17) is 4.74 Å². The lowest BCUT2D eigenvalue weighted by Gasteiger charge is -2.09. The van der Waals surface area contributed by atoms with Crippen molar-refractivity contribution in [2.45, 2.75) is 6.92 Å². The molecule has 0 aliphatic rings. The third-order valence-corrected chi connectivity index (χ3v) is 3.90. The molecule has 0 saturated heterocycles. The topological polar surface area (TPSA) is 96.5 Å². The van der Waals surface area contributed by atoms with Gasteiger partial charge in [0.15, 0.2) is 0 Å². The number of amides is 1. The first-order valence-corrected chi connectivity index (χ1v) is 8.22. The molecule has 1 aromatic rings. The standard InChI is InChI=1S/C13H21N3O4S/c1-3-21(18,19)16-12-6-4-11(5-7-12)15-13(17)10-14-8-9-20-2/h4-7,14,16H,3,8-10H2,1-2H3,(H,15,17). The molecule has 8 heteroatoms. The first kappa shape index (κ1) is 17.4. The highest BCUT2D eigenvalue weighted by atomic mass is 32.2. The molecular formula is C13H21N3O4S. The Labute approximate surface area is 125 Å². The summed E-state index contributed by atoms with van der Waals surface area (Å²) < 4.78 is 30.1. The van der Waals surface area contributed by atoms with Crippen LogP contribution >= 0.6 is 0 Å². The minimum Gasteiger partial charge on any atom is -0.383 e. The Balaban J connectivity index is 2.45. The van der Waals surface area contributed by atoms with Gasteiger partial charge in [0.25, 0.3) is 0 Å². The van der Waals surface area contributed by atoms with Gasteiger partial charge >= 0.3 is 0 Å². The Morgan fingerprint density at radius 1 is 1.19 bits per heavy atom. The van der Waals surface area contributed by atoms with Crippen LogP contribution in [0.4, 0.5) is 11.4 Å². The minimum atomic E-state index is -3.29. The fourth-order valence-electron chi connectivity index (χ4n) is 1.45. The zero-order chi connectivity index (χ0) is 15.7. The summed E-state index contributed by atoms with van der Waals surface area (Å²) in [4.78, 5) is 11.6. The van der Waals surface area contributed by atoms with E-state index in [0.29, 0.717) is 24.5 Å². The van der Waals surface area contributed by atoms with Gasteiger partial charge in [0.1, 0.15) is 0 Å². The molecule has 21 heavy (non-hydrogen) atoms. The van der Waals surface area contributed by atoms with Crippen molar-refractivity contribution in [1.82, 2.24) is 5.32 Å². The number of sulfonamides is 1. The molecule has 3 N–H and O–H groups in total. The van der Waals surface area contributed by atoms with Gasteiger partial charge in [-0.1, -0.05) is 0 Å². The van der Waals surface area contributed by atoms with Crippen LogP contribution < -0.4 is 15.4 Å². The van der Waals surface area contributed by atoms with Crippen molar-refractivity contribution >= 4 is 27.3 Å². The molecule has 0 spiro atoms. The fourth-order valence-corrected chi connectivity index (χ4v) is 2.09. The lowest BCUT2D eigenvalue weighted by molar-refractivity contribution is -0.115. The van der Waals surface area contributed by atoms with Crippen molar-refractivity contribution in [3.05, 3.63) is 24.3 Å². The number of nitrogens with one attached hydrogen (secondary N) is 3. The Morgan fingerprint density at radius 2 is 1.81 bits per heavy atom. The second-order valence-electron chi connectivity index (χ2n) is 4.30. The maximum Gasteiger partial charge on any atom is 0.238 e. The summed E-state index contributed by atoms with van der Waals surface area (Å²) >= 11 is 0. The van der Waals surface area contributed by atoms with Gasteiger partial charge in [-0.15, -0.1) is 0 Å². The third-order valence-electron chi connectivity index (χ3n) is 2.59. The number of carbonyl (C=O) groups is 1. The first-order chi connectivity index (χ1) is 9.96. The quantitative estimate of drug-likeness (QED) is 0.581. The molecule has 0 aliphatic carbocycles. The highest BCUT2D eigenvalue weighted by molar-refractivity contribution is 7.92. The molecule has 0 bridgehead atoms. The van der Waals surface area contributed by atoms with Gasteiger partial charge in [-0.2, -0.15) is 0 Å². The van der Waals surface area contributed by atoms with Gasteiger partial charge in [-0.05, 0) is 31.2 Å². The molecular weight excluding hydrogens is 294 g/mol. The average Bonchev–Trinajstić information content (AvgIpc) is 2.45. The molecule has 0 fully saturated rings. The van der Waals surface area contributed by atoms with Crippen LogP contribution in [0.3, 0.4) is 0 Å². The van der Waals surface area contributed by atoms with Gasteiger partial charge < -0.3 is 15.4 Å². The maximum absolute atomic E-state index is 11.6. The number of anilines is 2. The van der Waals surface area contributed by atoms with E-state index in [1.807, 2.05) is 0 Å². The predicted octanol–water partition coefficient (Wildman–Crippen LogP) is 0.623. The second kappa shape index (κ2) is 8.60. The summed E-state index contributed by atoms with van der Waals surface area (Å²) in [5.41, 5.74) is 1.07. The Bertz CT molecular complexity index is 543. The van der Waals surface area contributed by atoms with Crippen molar-refractivity contribution in [3.63, 3.8) is 0 Å². The molecule has 0 unspecified atom stereocenters. The van der Waals surface area contributed by atoms with Crippen LogP contribution in [0.25, 0.3) is 0 Å². The van der Waals surface area contributed by atoms with Crippen LogP contribution in [0.2, 0.25) is 0 Å². The summed E-state index contributed by atoms with van der Waals surface area (Å²) in [7, 11) is -1.69. The van der Waals surface area contributed by atoms with Crippen LogP contribution in [0.1, 0.15) is 6.92 Å². The monoisotopic (exact) mass is 315 g/mol. The number of hydrogen-bond donors (Lipinski definition) is 3. The number of methoxy groups -OCH3 is 1. The van der Waals surface area contributed by atoms with Crippen LogP contribution in [-0.4, -0.2) is 46.9 Å². The van der Waals surface area contributed by atoms with Crippen molar-refractivity contribution < 1.29 is 17.9 Å². The van der Waals surface area contributed by atoms with E-state index < -0.39 is 10.0 Å². The van der Waals surface area contributed by atoms with Crippen molar-refractivity contribution in [2.75, 3.05) is 42.6 Å². The maximum atomic E-state index is 11.6. The molecule has 0 saturated carbocycles. The van der Waals surface area contributed by atoms with Gasteiger partial charge in [0.05, 0.1) is 18.9 Å². The van der Waals surface area contributed by atoms with Crippen molar-refractivity contribution in [2.24, 2.45) is 0 Å². The number of rotatable bonds is 9. The molecule has 118 valence electrons. The molecule has 0 atom stereocenters. The van der Waals surface area contributed by atoms with Gasteiger partial charge in [-0.25, -0.2) is 8.42 Å². The Hall–Kier alpha value is -1.64. The van der Waals surface area contributed by atoms with Crippen molar-refractivity contribution in [3.8, 4) is 0 Å². The molecule has 1 aromatic carbocycles. The normalized spacial score (nSPS) is 11.1. The van der Waals surface area contributed by atoms with Gasteiger partial charge in [0.2, 0.25) is 15.9 Å². The van der Waals surface area contributed by atoms with E-state index >= 15 is 0 Å². The van der Waals surface area contributed by atoms with Crippen molar-refractivity contribution in [1.29, 1.82) is 0 Å². The summed E-state index contributed by atoms with van der Waals surface area (Å²) in [6, 6.07) is 6.48. The Morgan fingerprint density at radius 3 is 2.38 bits per heavy atom. The lowest BCUT2D eigenvalue weighted by Crippen LogP contribution is -2.30. The minimum absolute atomic E-state index is 0.0125. The van der Waals surface area contributed by atoms with E-state index in [1.54, 1.807) is 38.3 Å². The average molecular weight is 315 g/mol. The number of ether oxygens (including phenoxy) is 1. The van der Waals surface area contributed by atoms with E-state index in [0.717, 1.165) is 0 Å². The van der Waals surface area contributed by atoms with E-state index in [-0.39, 0.29) is 18.2 Å². The summed E-state index contributed by atoms with van der Waals surface area (Å²) in [5.74, 6) is -0.161. The van der Waals surface area contributed by atoms with Crippen LogP contribution in [-0.2, 0) is 19.6 Å². The van der Waals surface area contributed by atoms with Gasteiger partial charge in [0, 0.05) is 25.0 Å². The largest absolute Gasteiger partial charge is 0.383 e. The molecule has 1 amide bonds. The van der Waals surface area contributed by atoms with E-state index in [2.05, 4.69) is 15.4 Å². The number of carbonyl (C=O) groups excluding carboxylic acids is 1. The highest BCUT2D eigenvalue weighted by Crippen LogP contribution is 2.14. The third kappa shape index (κ3) is 7.07. The molecule has 0 heterocycles. The van der Waals surface area contributed by atoms with Crippen LogP contribution in [0, 0.1) is 0 Å². The first-order valence-electron chi connectivity index (χ1n) is 6.57. The summed E-state index contributed by atoms with van der Waals surface area (Å²) in [6.07, 6.45) is 0. The summed E-state index contributed by atoms with van der Waals surface area (Å²) in [6.45, 7) is 2.89. The lowest BCUT2D eigenvalue weighted by atomic mass is 10.3.